The van der Waals surface area contributed by atoms with Gasteiger partial charge in [-0.25, -0.2) is 9.79 Å². The molecule has 2 rings (SSSR count). The first-order chi connectivity index (χ1) is 7.09. The van der Waals surface area contributed by atoms with Gasteiger partial charge in [0.25, 0.3) is 0 Å². The first-order valence-electron chi connectivity index (χ1n) is 4.54. The monoisotopic (exact) mass is 205 g/mol. The zero-order valence-electron chi connectivity index (χ0n) is 8.24. The quantitative estimate of drug-likeness (QED) is 0.648. The van der Waals surface area contributed by atoms with E-state index in [0.29, 0.717) is 23.5 Å². The van der Waals surface area contributed by atoms with Crippen molar-refractivity contribution in [2.24, 2.45) is 10.7 Å². The minimum Gasteiger partial charge on any atom is -0.478 e. The van der Waals surface area contributed by atoms with Gasteiger partial charge < -0.3 is 15.8 Å². The summed E-state index contributed by atoms with van der Waals surface area (Å²) in [6.45, 7) is 1.88. The lowest BCUT2D eigenvalue weighted by Crippen LogP contribution is -2.03. The van der Waals surface area contributed by atoms with Crippen LogP contribution in [-0.4, -0.2) is 21.8 Å². The summed E-state index contributed by atoms with van der Waals surface area (Å²) in [5, 5.41) is 8.95. The average Bonchev–Trinajstić information content (AvgIpc) is 2.52. The molecule has 0 aliphatic carbocycles. The molecule has 5 heteroatoms. The van der Waals surface area contributed by atoms with Crippen LogP contribution >= 0.6 is 0 Å². The van der Waals surface area contributed by atoms with Crippen LogP contribution in [0.5, 0.6) is 0 Å². The number of H-pyrrole nitrogens is 1. The van der Waals surface area contributed by atoms with Crippen molar-refractivity contribution in [3.05, 3.63) is 23.4 Å². The van der Waals surface area contributed by atoms with Gasteiger partial charge in [0.2, 0.25) is 0 Å². The lowest BCUT2D eigenvalue weighted by atomic mass is 10.1. The Morgan fingerprint density at radius 1 is 1.67 bits per heavy atom. The molecular formula is C10H11N3O2. The smallest absolute Gasteiger partial charge is 0.338 e. The summed E-state index contributed by atoms with van der Waals surface area (Å²) in [6.07, 6.45) is 3.84. The molecule has 4 N–H and O–H groups in total. The second kappa shape index (κ2) is 3.27. The second-order valence-electron chi connectivity index (χ2n) is 3.44. The number of carbonyl (C=O) groups is 1. The molecule has 1 aromatic rings. The number of carboxylic acid groups (broad SMARTS) is 1. The third-order valence-corrected chi connectivity index (χ3v) is 2.30. The number of aromatic amines is 1. The predicted octanol–water partition coefficient (Wildman–Crippen LogP) is 1.51. The standard InChI is InChI=1S/C10H11N3O2/c1-5-2-3-7(11)8-6(10(14)15)4-12-9(8)13-5/h3-4,12H,2,11H2,1H3,(H,14,15). The first-order valence-corrected chi connectivity index (χ1v) is 4.54. The average molecular weight is 205 g/mol. The number of allylic oxidation sites excluding steroid dienone is 1. The third-order valence-electron chi connectivity index (χ3n) is 2.30. The molecule has 15 heavy (non-hydrogen) atoms. The zero-order valence-corrected chi connectivity index (χ0v) is 8.24. The van der Waals surface area contributed by atoms with E-state index in [-0.39, 0.29) is 5.56 Å². The highest BCUT2D eigenvalue weighted by molar-refractivity contribution is 5.99. The third kappa shape index (κ3) is 1.52. The molecule has 0 amide bonds. The van der Waals surface area contributed by atoms with Crippen LogP contribution in [0.25, 0.3) is 5.70 Å². The summed E-state index contributed by atoms with van der Waals surface area (Å²) < 4.78 is 0. The molecule has 0 atom stereocenters. The maximum Gasteiger partial charge on any atom is 0.338 e. The summed E-state index contributed by atoms with van der Waals surface area (Å²) in [6, 6.07) is 0. The van der Waals surface area contributed by atoms with E-state index >= 15 is 0 Å². The van der Waals surface area contributed by atoms with Gasteiger partial charge in [0.15, 0.2) is 0 Å². The van der Waals surface area contributed by atoms with Crippen molar-refractivity contribution in [2.45, 2.75) is 13.3 Å². The van der Waals surface area contributed by atoms with E-state index in [4.69, 9.17) is 10.8 Å². The highest BCUT2D eigenvalue weighted by Crippen LogP contribution is 2.29. The van der Waals surface area contributed by atoms with Crippen LogP contribution in [0.2, 0.25) is 0 Å². The molecular weight excluding hydrogens is 194 g/mol. The molecule has 5 nitrogen and oxygen atoms in total. The Kier molecular flexibility index (Phi) is 2.07. The molecule has 1 aliphatic heterocycles. The topological polar surface area (TPSA) is 91.5 Å². The number of aromatic carboxylic acids is 1. The first kappa shape index (κ1) is 9.51. The van der Waals surface area contributed by atoms with E-state index in [0.717, 1.165) is 5.71 Å². The Morgan fingerprint density at radius 2 is 2.40 bits per heavy atom. The molecule has 1 aromatic heterocycles. The molecule has 0 unspecified atom stereocenters. The van der Waals surface area contributed by atoms with Crippen LogP contribution < -0.4 is 5.73 Å². The molecule has 2 heterocycles. The second-order valence-corrected chi connectivity index (χ2v) is 3.44. The number of hydrogen-bond acceptors (Lipinski definition) is 3. The lowest BCUT2D eigenvalue weighted by Gasteiger charge is -1.99. The van der Waals surface area contributed by atoms with Crippen molar-refractivity contribution < 1.29 is 9.90 Å². The van der Waals surface area contributed by atoms with Gasteiger partial charge in [-0.05, 0) is 6.92 Å². The summed E-state index contributed by atoms with van der Waals surface area (Å²) in [5.41, 5.74) is 7.81. The Labute approximate surface area is 86.3 Å². The number of nitrogens with two attached hydrogens (primary N) is 1. The molecule has 0 saturated carbocycles. The molecule has 0 saturated heterocycles. The van der Waals surface area contributed by atoms with Crippen molar-refractivity contribution in [3.63, 3.8) is 0 Å². The van der Waals surface area contributed by atoms with Gasteiger partial charge in [-0.1, -0.05) is 6.08 Å². The van der Waals surface area contributed by atoms with Crippen LogP contribution in [0.1, 0.15) is 29.3 Å². The van der Waals surface area contributed by atoms with Gasteiger partial charge in [0, 0.05) is 24.0 Å². The number of nitrogens with zero attached hydrogens (tertiary/aromatic N) is 1. The summed E-state index contributed by atoms with van der Waals surface area (Å²) >= 11 is 0. The molecule has 0 aromatic carbocycles. The van der Waals surface area contributed by atoms with Gasteiger partial charge in [-0.3, -0.25) is 0 Å². The van der Waals surface area contributed by atoms with Crippen LogP contribution in [-0.2, 0) is 0 Å². The summed E-state index contributed by atoms with van der Waals surface area (Å²) in [5.74, 6) is -0.477. The Hall–Kier alpha value is -2.04. The van der Waals surface area contributed by atoms with Crippen LogP contribution in [0.15, 0.2) is 17.3 Å². The van der Waals surface area contributed by atoms with E-state index in [2.05, 4.69) is 9.98 Å². The SMILES string of the molecule is CC1=Nc2[nH]cc(C(=O)O)c2C(N)=CC1. The van der Waals surface area contributed by atoms with Crippen molar-refractivity contribution in [1.29, 1.82) is 0 Å². The number of aromatic nitrogens is 1. The van der Waals surface area contributed by atoms with Crippen molar-refractivity contribution in [2.75, 3.05) is 0 Å². The van der Waals surface area contributed by atoms with Crippen molar-refractivity contribution in [1.82, 2.24) is 4.98 Å². The number of aliphatic imine (C=N–C) groups is 1. The van der Waals surface area contributed by atoms with E-state index in [1.807, 2.05) is 6.92 Å². The zero-order chi connectivity index (χ0) is 11.0. The van der Waals surface area contributed by atoms with E-state index in [1.165, 1.54) is 6.20 Å². The number of carboxylic acids is 1. The molecule has 1 aliphatic rings. The van der Waals surface area contributed by atoms with Crippen molar-refractivity contribution in [3.8, 4) is 0 Å². The number of rotatable bonds is 1. The Bertz CT molecular complexity index is 483. The molecule has 0 bridgehead atoms. The largest absolute Gasteiger partial charge is 0.478 e. The van der Waals surface area contributed by atoms with Gasteiger partial charge in [0.1, 0.15) is 5.82 Å². The number of hydrogen-bond donors (Lipinski definition) is 3. The molecule has 0 fully saturated rings. The van der Waals surface area contributed by atoms with Crippen molar-refractivity contribution >= 4 is 23.2 Å². The number of nitrogens with one attached hydrogen (secondary N) is 1. The van der Waals surface area contributed by atoms with Crippen LogP contribution in [0, 0.1) is 0 Å². The van der Waals surface area contributed by atoms with Gasteiger partial charge in [-0.2, -0.15) is 0 Å². The summed E-state index contributed by atoms with van der Waals surface area (Å²) in [4.78, 5) is 18.0. The minimum absolute atomic E-state index is 0.164. The lowest BCUT2D eigenvalue weighted by molar-refractivity contribution is 0.0697. The maximum atomic E-state index is 10.9. The van der Waals surface area contributed by atoms with Gasteiger partial charge >= 0.3 is 5.97 Å². The number of fused-ring (bicyclic) bond motifs is 1. The summed E-state index contributed by atoms with van der Waals surface area (Å²) in [7, 11) is 0. The fourth-order valence-corrected chi connectivity index (χ4v) is 1.56. The predicted molar refractivity (Wildman–Crippen MR) is 57.3 cm³/mol. The minimum atomic E-state index is -1.00. The Balaban J connectivity index is 2.66. The van der Waals surface area contributed by atoms with Gasteiger partial charge in [-0.15, -0.1) is 0 Å². The van der Waals surface area contributed by atoms with Crippen LogP contribution in [0.3, 0.4) is 0 Å². The van der Waals surface area contributed by atoms with Crippen LogP contribution in [0.4, 0.5) is 5.82 Å². The van der Waals surface area contributed by atoms with E-state index in [1.54, 1.807) is 6.08 Å². The normalized spacial score (nSPS) is 15.0. The van der Waals surface area contributed by atoms with E-state index in [9.17, 15) is 4.79 Å². The Morgan fingerprint density at radius 3 is 3.07 bits per heavy atom. The van der Waals surface area contributed by atoms with Gasteiger partial charge in [0.05, 0.1) is 11.1 Å². The molecule has 0 spiro atoms. The highest BCUT2D eigenvalue weighted by atomic mass is 16.4. The molecule has 0 radical (unpaired) electrons. The fraction of sp³-hybridized carbons (Fsp3) is 0.200. The van der Waals surface area contributed by atoms with E-state index < -0.39 is 5.97 Å². The maximum absolute atomic E-state index is 10.9. The molecule has 78 valence electrons. The fourth-order valence-electron chi connectivity index (χ4n) is 1.56. The highest BCUT2D eigenvalue weighted by Gasteiger charge is 2.19.